The van der Waals surface area contributed by atoms with Crippen LogP contribution in [-0.4, -0.2) is 49.7 Å². The number of halogens is 2. The van der Waals surface area contributed by atoms with Crippen LogP contribution in [0.3, 0.4) is 0 Å². The molecule has 1 fully saturated rings. The Morgan fingerprint density at radius 2 is 1.71 bits per heavy atom. The van der Waals surface area contributed by atoms with Gasteiger partial charge in [0.05, 0.1) is 6.42 Å². The lowest BCUT2D eigenvalue weighted by molar-refractivity contribution is -0.131. The molecule has 0 radical (unpaired) electrons. The fourth-order valence-corrected chi connectivity index (χ4v) is 4.37. The zero-order valence-electron chi connectivity index (χ0n) is 15.1. The number of nitrogens with zero attached hydrogens (tertiary/aromatic N) is 2. The van der Waals surface area contributed by atoms with Crippen molar-refractivity contribution >= 4 is 33.6 Å². The Morgan fingerprint density at radius 1 is 1.04 bits per heavy atom. The normalized spacial score (nSPS) is 15.9. The minimum Gasteiger partial charge on any atom is -0.340 e. The Hall–Kier alpha value is -2.22. The molecule has 5 nitrogen and oxygen atoms in total. The molecule has 0 spiro atoms. The van der Waals surface area contributed by atoms with Crippen molar-refractivity contribution in [3.8, 4) is 0 Å². The van der Waals surface area contributed by atoms with E-state index in [2.05, 4.69) is 0 Å². The molecule has 8 heteroatoms. The fraction of sp³-hybridized carbons (Fsp3) is 0.250. The van der Waals surface area contributed by atoms with Crippen molar-refractivity contribution in [3.63, 3.8) is 0 Å². The fourth-order valence-electron chi connectivity index (χ4n) is 2.97. The molecular weight excluding hydrogens is 403 g/mol. The van der Waals surface area contributed by atoms with Gasteiger partial charge in [-0.3, -0.25) is 4.79 Å². The van der Waals surface area contributed by atoms with E-state index < -0.39 is 15.8 Å². The maximum atomic E-state index is 13.9. The van der Waals surface area contributed by atoms with Gasteiger partial charge < -0.3 is 4.90 Å². The first-order valence-corrected chi connectivity index (χ1v) is 10.7. The monoisotopic (exact) mass is 422 g/mol. The summed E-state index contributed by atoms with van der Waals surface area (Å²) in [5.41, 5.74) is 0.955. The molecule has 0 bridgehead atoms. The first-order chi connectivity index (χ1) is 13.4. The first kappa shape index (κ1) is 20.5. The summed E-state index contributed by atoms with van der Waals surface area (Å²) < 4.78 is 40.2. The van der Waals surface area contributed by atoms with Gasteiger partial charge in [-0.15, -0.1) is 0 Å². The topological polar surface area (TPSA) is 57.7 Å². The van der Waals surface area contributed by atoms with Crippen LogP contribution < -0.4 is 0 Å². The molecule has 0 saturated carbocycles. The van der Waals surface area contributed by atoms with E-state index in [1.54, 1.807) is 6.08 Å². The predicted molar refractivity (Wildman–Crippen MR) is 108 cm³/mol. The van der Waals surface area contributed by atoms with E-state index in [0.29, 0.717) is 0 Å². The van der Waals surface area contributed by atoms with Crippen molar-refractivity contribution in [1.82, 2.24) is 9.21 Å². The lowest BCUT2D eigenvalue weighted by atomic mass is 10.1. The molecule has 1 aliphatic heterocycles. The number of benzene rings is 2. The van der Waals surface area contributed by atoms with E-state index in [1.165, 1.54) is 32.8 Å². The average molecular weight is 423 g/mol. The van der Waals surface area contributed by atoms with Gasteiger partial charge in [0.25, 0.3) is 0 Å². The molecule has 1 aliphatic rings. The largest absolute Gasteiger partial charge is 0.340 e. The smallest absolute Gasteiger partial charge is 0.236 e. The molecule has 148 valence electrons. The molecule has 3 rings (SSSR count). The van der Waals surface area contributed by atoms with Crippen LogP contribution in [0.4, 0.5) is 4.39 Å². The number of rotatable bonds is 5. The standard InChI is InChI=1S/C20H20ClFN2O3S/c21-18-7-4-8-19(22)17(18)15-20(25)23-10-12-24(13-11-23)28(26,27)14-9-16-5-2-1-3-6-16/h1-9,14H,10-13,15H2. The first-order valence-electron chi connectivity index (χ1n) is 8.81. The zero-order chi connectivity index (χ0) is 20.1. The van der Waals surface area contributed by atoms with E-state index in [9.17, 15) is 17.6 Å². The Labute approximate surface area is 169 Å². The second-order valence-electron chi connectivity index (χ2n) is 6.42. The molecule has 1 heterocycles. The Kier molecular flexibility index (Phi) is 6.49. The highest BCUT2D eigenvalue weighted by Crippen LogP contribution is 2.21. The van der Waals surface area contributed by atoms with Gasteiger partial charge in [0.1, 0.15) is 5.82 Å². The summed E-state index contributed by atoms with van der Waals surface area (Å²) in [5, 5.41) is 1.39. The number of amides is 1. The van der Waals surface area contributed by atoms with Crippen LogP contribution in [-0.2, 0) is 21.2 Å². The van der Waals surface area contributed by atoms with Crippen molar-refractivity contribution in [3.05, 3.63) is 75.9 Å². The summed E-state index contributed by atoms with van der Waals surface area (Å²) in [7, 11) is -3.57. The van der Waals surface area contributed by atoms with Gasteiger partial charge in [-0.1, -0.05) is 48.0 Å². The van der Waals surface area contributed by atoms with Gasteiger partial charge in [-0.2, -0.15) is 4.31 Å². The highest BCUT2D eigenvalue weighted by Gasteiger charge is 2.28. The molecule has 0 N–H and O–H groups in total. The number of hydrogen-bond acceptors (Lipinski definition) is 3. The molecule has 28 heavy (non-hydrogen) atoms. The Bertz CT molecular complexity index is 952. The minimum atomic E-state index is -3.57. The summed E-state index contributed by atoms with van der Waals surface area (Å²) >= 11 is 5.97. The van der Waals surface area contributed by atoms with Crippen molar-refractivity contribution < 1.29 is 17.6 Å². The highest BCUT2D eigenvalue weighted by molar-refractivity contribution is 7.92. The van der Waals surface area contributed by atoms with Crippen molar-refractivity contribution in [2.45, 2.75) is 6.42 Å². The zero-order valence-corrected chi connectivity index (χ0v) is 16.7. The lowest BCUT2D eigenvalue weighted by Gasteiger charge is -2.33. The number of hydrogen-bond donors (Lipinski definition) is 0. The quantitative estimate of drug-likeness (QED) is 0.743. The molecule has 1 saturated heterocycles. The number of sulfonamides is 1. The van der Waals surface area contributed by atoms with E-state index in [1.807, 2.05) is 30.3 Å². The molecule has 0 aromatic heterocycles. The van der Waals surface area contributed by atoms with Gasteiger partial charge in [0.15, 0.2) is 0 Å². The van der Waals surface area contributed by atoms with E-state index in [-0.39, 0.29) is 49.1 Å². The van der Waals surface area contributed by atoms with Crippen LogP contribution in [0, 0.1) is 5.82 Å². The van der Waals surface area contributed by atoms with E-state index in [4.69, 9.17) is 11.6 Å². The maximum Gasteiger partial charge on any atom is 0.236 e. The molecular formula is C20H20ClFN2O3S. The third-order valence-corrected chi connectivity index (χ3v) is 6.49. The van der Waals surface area contributed by atoms with Gasteiger partial charge >= 0.3 is 0 Å². The second kappa shape index (κ2) is 8.86. The van der Waals surface area contributed by atoms with Gasteiger partial charge in [0.2, 0.25) is 15.9 Å². The maximum absolute atomic E-state index is 13.9. The molecule has 0 atom stereocenters. The third-order valence-electron chi connectivity index (χ3n) is 4.57. The van der Waals surface area contributed by atoms with E-state index in [0.717, 1.165) is 5.56 Å². The van der Waals surface area contributed by atoms with Crippen LogP contribution in [0.25, 0.3) is 6.08 Å². The summed E-state index contributed by atoms with van der Waals surface area (Å²) in [6.07, 6.45) is 1.40. The third kappa shape index (κ3) is 4.98. The van der Waals surface area contributed by atoms with Crippen LogP contribution in [0.2, 0.25) is 5.02 Å². The summed E-state index contributed by atoms with van der Waals surface area (Å²) in [5.74, 6) is -0.794. The van der Waals surface area contributed by atoms with Crippen LogP contribution in [0.1, 0.15) is 11.1 Å². The predicted octanol–water partition coefficient (Wildman–Crippen LogP) is 3.17. The summed E-state index contributed by atoms with van der Waals surface area (Å²) in [4.78, 5) is 14.0. The molecule has 2 aromatic carbocycles. The second-order valence-corrected chi connectivity index (χ2v) is 8.64. The van der Waals surface area contributed by atoms with Crippen LogP contribution in [0.5, 0.6) is 0 Å². The van der Waals surface area contributed by atoms with Crippen molar-refractivity contribution in [2.24, 2.45) is 0 Å². The molecule has 0 unspecified atom stereocenters. The SMILES string of the molecule is O=C(Cc1c(F)cccc1Cl)N1CCN(S(=O)(=O)C=Cc2ccccc2)CC1. The lowest BCUT2D eigenvalue weighted by Crippen LogP contribution is -2.50. The Morgan fingerprint density at radius 3 is 2.36 bits per heavy atom. The minimum absolute atomic E-state index is 0.147. The number of carbonyl (C=O) groups is 1. The van der Waals surface area contributed by atoms with Gasteiger partial charge in [-0.05, 0) is 23.8 Å². The van der Waals surface area contributed by atoms with Crippen LogP contribution >= 0.6 is 11.6 Å². The van der Waals surface area contributed by atoms with E-state index >= 15 is 0 Å². The number of carbonyl (C=O) groups excluding carboxylic acids is 1. The number of piperazine rings is 1. The Balaban J connectivity index is 1.59. The van der Waals surface area contributed by atoms with Gasteiger partial charge in [0, 0.05) is 42.2 Å². The van der Waals surface area contributed by atoms with Crippen LogP contribution in [0.15, 0.2) is 53.9 Å². The molecule has 2 aromatic rings. The average Bonchev–Trinajstić information content (AvgIpc) is 2.70. The summed E-state index contributed by atoms with van der Waals surface area (Å²) in [6.45, 7) is 0.892. The van der Waals surface area contributed by atoms with Crippen molar-refractivity contribution in [1.29, 1.82) is 0 Å². The van der Waals surface area contributed by atoms with Crippen molar-refractivity contribution in [2.75, 3.05) is 26.2 Å². The highest BCUT2D eigenvalue weighted by atomic mass is 35.5. The molecule has 1 amide bonds. The summed E-state index contributed by atoms with van der Waals surface area (Å²) in [6, 6.07) is 13.4. The molecule has 0 aliphatic carbocycles. The van der Waals surface area contributed by atoms with Gasteiger partial charge in [-0.25, -0.2) is 12.8 Å².